The van der Waals surface area contributed by atoms with E-state index < -0.39 is 0 Å². The molecule has 3 aliphatic rings. The lowest BCUT2D eigenvalue weighted by Crippen LogP contribution is -2.41. The summed E-state index contributed by atoms with van der Waals surface area (Å²) in [6, 6.07) is 65.7. The number of allylic oxidation sites excluding steroid dienone is 4. The number of fused-ring (bicyclic) bond motifs is 10. The first-order valence-corrected chi connectivity index (χ1v) is 19.7. The van der Waals surface area contributed by atoms with Crippen LogP contribution in [-0.4, -0.2) is 0 Å². The third-order valence-electron chi connectivity index (χ3n) is 12.8. The molecule has 0 aliphatic heterocycles. The topological polar surface area (TPSA) is 3.24 Å². The van der Waals surface area contributed by atoms with E-state index in [-0.39, 0.29) is 10.8 Å². The quantitative estimate of drug-likeness (QED) is 0.176. The summed E-state index contributed by atoms with van der Waals surface area (Å²) < 4.78 is 0. The fraction of sp³-hybridized carbons (Fsp3) is 0.111. The van der Waals surface area contributed by atoms with Crippen LogP contribution in [0.15, 0.2) is 194 Å². The van der Waals surface area contributed by atoms with Crippen molar-refractivity contribution in [3.8, 4) is 11.1 Å². The summed E-state index contributed by atoms with van der Waals surface area (Å²) in [6.07, 6.45) is 6.92. The van der Waals surface area contributed by atoms with Gasteiger partial charge in [0.1, 0.15) is 0 Å². The van der Waals surface area contributed by atoms with Crippen molar-refractivity contribution in [3.63, 3.8) is 0 Å². The minimum Gasteiger partial charge on any atom is -0.309 e. The minimum atomic E-state index is -0.294. The molecule has 0 N–H and O–H groups in total. The molecule has 55 heavy (non-hydrogen) atoms. The van der Waals surface area contributed by atoms with E-state index in [1.54, 1.807) is 5.57 Å². The van der Waals surface area contributed by atoms with E-state index in [9.17, 15) is 0 Å². The summed E-state index contributed by atoms with van der Waals surface area (Å²) >= 11 is 0. The van der Waals surface area contributed by atoms with Crippen LogP contribution >= 0.6 is 0 Å². The second-order valence-electron chi connectivity index (χ2n) is 15.9. The molecule has 1 nitrogen and oxygen atoms in total. The standard InChI is InChI=1S/C54H41N/c1-53(2)47-23-9-11-25-49(47)54(50-26-12-10-24-48(50)53)45-22-8-7-21-43(45)44-35-39(31-34-46(44)54)36-29-32-40(33-30-36)55(51-27-13-17-37-15-3-5-19-41(37)51)52-28-14-18-38-16-4-6-20-42(38)52/h3-7,9-21,23-35H,8,22H2,1-2H3. The van der Waals surface area contributed by atoms with Crippen LogP contribution in [0.25, 0.3) is 38.2 Å². The Kier molecular flexibility index (Phi) is 7.01. The lowest BCUT2D eigenvalue weighted by atomic mass is 9.54. The predicted octanol–water partition coefficient (Wildman–Crippen LogP) is 14.2. The Balaban J connectivity index is 1.07. The van der Waals surface area contributed by atoms with E-state index in [4.69, 9.17) is 0 Å². The first-order chi connectivity index (χ1) is 27.0. The fourth-order valence-electron chi connectivity index (χ4n) is 10.4. The molecule has 8 aromatic carbocycles. The van der Waals surface area contributed by atoms with Crippen molar-refractivity contribution in [1.29, 1.82) is 0 Å². The molecule has 0 radical (unpaired) electrons. The highest BCUT2D eigenvalue weighted by molar-refractivity contribution is 6.05. The Labute approximate surface area is 323 Å². The number of benzene rings is 8. The molecule has 0 atom stereocenters. The summed E-state index contributed by atoms with van der Waals surface area (Å²) in [5.74, 6) is 0. The summed E-state index contributed by atoms with van der Waals surface area (Å²) in [7, 11) is 0. The number of hydrogen-bond acceptors (Lipinski definition) is 1. The molecule has 0 heterocycles. The average Bonchev–Trinajstić information content (AvgIpc) is 3.54. The summed E-state index contributed by atoms with van der Waals surface area (Å²) in [5, 5.41) is 4.92. The zero-order chi connectivity index (χ0) is 36.7. The Hall–Kier alpha value is -6.44. The van der Waals surface area contributed by atoms with E-state index in [1.807, 2.05) is 0 Å². The average molecular weight is 704 g/mol. The van der Waals surface area contributed by atoms with Gasteiger partial charge in [0.2, 0.25) is 0 Å². The lowest BCUT2D eigenvalue weighted by molar-refractivity contribution is 0.550. The van der Waals surface area contributed by atoms with Crippen LogP contribution in [-0.2, 0) is 10.8 Å². The maximum Gasteiger partial charge on any atom is 0.0682 e. The summed E-state index contributed by atoms with van der Waals surface area (Å²) in [6.45, 7) is 4.80. The third kappa shape index (κ3) is 4.53. The first-order valence-electron chi connectivity index (χ1n) is 19.7. The van der Waals surface area contributed by atoms with Crippen molar-refractivity contribution in [2.75, 3.05) is 4.90 Å². The highest BCUT2D eigenvalue weighted by Crippen LogP contribution is 2.63. The first kappa shape index (κ1) is 32.0. The van der Waals surface area contributed by atoms with Gasteiger partial charge in [0.05, 0.1) is 16.8 Å². The minimum absolute atomic E-state index is 0.0833. The molecule has 1 heteroatoms. The van der Waals surface area contributed by atoms with E-state index in [0.717, 1.165) is 18.5 Å². The molecule has 0 aromatic heterocycles. The largest absolute Gasteiger partial charge is 0.309 e. The van der Waals surface area contributed by atoms with Crippen LogP contribution in [0.1, 0.15) is 60.1 Å². The molecular formula is C54H41N. The number of anilines is 3. The number of rotatable bonds is 4. The van der Waals surface area contributed by atoms with Crippen molar-refractivity contribution >= 4 is 44.2 Å². The molecule has 0 saturated carbocycles. The Morgan fingerprint density at radius 3 is 1.62 bits per heavy atom. The van der Waals surface area contributed by atoms with E-state index in [1.165, 1.54) is 83.0 Å². The van der Waals surface area contributed by atoms with Crippen molar-refractivity contribution < 1.29 is 0 Å². The monoisotopic (exact) mass is 703 g/mol. The molecule has 1 spiro atoms. The molecule has 0 saturated heterocycles. The van der Waals surface area contributed by atoms with Gasteiger partial charge in [0.25, 0.3) is 0 Å². The maximum absolute atomic E-state index is 2.47. The SMILES string of the molecule is CC1(C)c2ccccc2C2(C3=C(C=CCC3)c3cc(-c4ccc(N(c5cccc6ccccc56)c5cccc6ccccc56)cc4)ccc32)c2ccccc21. The molecule has 0 amide bonds. The highest BCUT2D eigenvalue weighted by Gasteiger charge is 2.54. The van der Waals surface area contributed by atoms with Gasteiger partial charge in [-0.05, 0) is 110 Å². The van der Waals surface area contributed by atoms with Gasteiger partial charge in [-0.25, -0.2) is 0 Å². The van der Waals surface area contributed by atoms with Crippen molar-refractivity contribution in [2.45, 2.75) is 37.5 Å². The van der Waals surface area contributed by atoms with Crippen LogP contribution < -0.4 is 4.90 Å². The van der Waals surface area contributed by atoms with E-state index >= 15 is 0 Å². The zero-order valence-electron chi connectivity index (χ0n) is 31.3. The van der Waals surface area contributed by atoms with Crippen molar-refractivity contribution in [3.05, 3.63) is 227 Å². The zero-order valence-corrected chi connectivity index (χ0v) is 31.3. The molecule has 8 aromatic rings. The van der Waals surface area contributed by atoms with E-state index in [0.29, 0.717) is 0 Å². The molecule has 11 rings (SSSR count). The van der Waals surface area contributed by atoms with Gasteiger partial charge in [0.15, 0.2) is 0 Å². The van der Waals surface area contributed by atoms with Crippen LogP contribution in [0.3, 0.4) is 0 Å². The van der Waals surface area contributed by atoms with Gasteiger partial charge in [-0.2, -0.15) is 0 Å². The van der Waals surface area contributed by atoms with Gasteiger partial charge in [-0.15, -0.1) is 0 Å². The molecule has 0 bridgehead atoms. The van der Waals surface area contributed by atoms with Gasteiger partial charge < -0.3 is 4.90 Å². The number of nitrogens with zero attached hydrogens (tertiary/aromatic N) is 1. The van der Waals surface area contributed by atoms with Gasteiger partial charge in [-0.1, -0.05) is 172 Å². The molecular weight excluding hydrogens is 663 g/mol. The smallest absolute Gasteiger partial charge is 0.0682 e. The molecule has 262 valence electrons. The van der Waals surface area contributed by atoms with Crippen LogP contribution in [0.2, 0.25) is 0 Å². The highest BCUT2D eigenvalue weighted by atomic mass is 15.1. The Morgan fingerprint density at radius 1 is 0.473 bits per heavy atom. The predicted molar refractivity (Wildman–Crippen MR) is 232 cm³/mol. The lowest BCUT2D eigenvalue weighted by Gasteiger charge is -2.47. The second-order valence-corrected chi connectivity index (χ2v) is 15.9. The van der Waals surface area contributed by atoms with Crippen molar-refractivity contribution in [1.82, 2.24) is 0 Å². The van der Waals surface area contributed by atoms with Gasteiger partial charge in [0, 0.05) is 21.9 Å². The molecule has 0 fully saturated rings. The van der Waals surface area contributed by atoms with Gasteiger partial charge in [-0.3, -0.25) is 0 Å². The molecule has 0 unspecified atom stereocenters. The number of hydrogen-bond donors (Lipinski definition) is 0. The third-order valence-corrected chi connectivity index (χ3v) is 12.8. The van der Waals surface area contributed by atoms with E-state index in [2.05, 4.69) is 207 Å². The normalized spacial score (nSPS) is 15.8. The fourth-order valence-corrected chi connectivity index (χ4v) is 10.4. The summed E-state index contributed by atoms with van der Waals surface area (Å²) in [5.41, 5.74) is 17.1. The Bertz CT molecular complexity index is 2760. The van der Waals surface area contributed by atoms with Crippen LogP contribution in [0.4, 0.5) is 17.1 Å². The van der Waals surface area contributed by atoms with Crippen LogP contribution in [0.5, 0.6) is 0 Å². The molecule has 3 aliphatic carbocycles. The maximum atomic E-state index is 2.47. The summed E-state index contributed by atoms with van der Waals surface area (Å²) in [4.78, 5) is 2.43. The van der Waals surface area contributed by atoms with Gasteiger partial charge >= 0.3 is 0 Å². The Morgan fingerprint density at radius 2 is 1.00 bits per heavy atom. The second kappa shape index (κ2) is 12.0. The van der Waals surface area contributed by atoms with Crippen LogP contribution in [0, 0.1) is 0 Å². The van der Waals surface area contributed by atoms with Crippen molar-refractivity contribution in [2.24, 2.45) is 0 Å².